The molecule has 0 spiro atoms. The predicted octanol–water partition coefficient (Wildman–Crippen LogP) is 7.69. The fraction of sp³-hybridized carbons (Fsp3) is 0.0645. The number of hydrogen-bond donors (Lipinski definition) is 1. The van der Waals surface area contributed by atoms with E-state index in [4.69, 9.17) is 21.1 Å². The molecule has 0 radical (unpaired) electrons. The molecule has 0 aliphatic carbocycles. The first-order chi connectivity index (χ1) is 19.8. The molecular formula is C31H21Br2ClN2O5. The third kappa shape index (κ3) is 6.87. The molecule has 0 atom stereocenters. The van der Waals surface area contributed by atoms with Crippen molar-refractivity contribution in [3.63, 3.8) is 0 Å². The monoisotopic (exact) mass is 694 g/mol. The van der Waals surface area contributed by atoms with Crippen LogP contribution in [0.5, 0.6) is 11.5 Å². The molecule has 0 aromatic heterocycles. The first kappa shape index (κ1) is 28.6. The molecule has 41 heavy (non-hydrogen) atoms. The van der Waals surface area contributed by atoms with Crippen LogP contribution in [0, 0.1) is 0 Å². The molecule has 1 aliphatic rings. The second kappa shape index (κ2) is 12.7. The molecular weight excluding hydrogens is 676 g/mol. The quantitative estimate of drug-likeness (QED) is 0.151. The number of hydrogen-bond acceptors (Lipinski definition) is 5. The normalized spacial score (nSPS) is 14.3. The van der Waals surface area contributed by atoms with Gasteiger partial charge in [0.25, 0.3) is 11.8 Å². The van der Waals surface area contributed by atoms with Crippen LogP contribution < -0.4 is 19.7 Å². The van der Waals surface area contributed by atoms with Crippen molar-refractivity contribution < 1.29 is 23.9 Å². The van der Waals surface area contributed by atoms with E-state index >= 15 is 0 Å². The van der Waals surface area contributed by atoms with Crippen LogP contribution in [-0.2, 0) is 22.8 Å². The number of barbiturate groups is 1. The summed E-state index contributed by atoms with van der Waals surface area (Å²) >= 11 is 13.0. The van der Waals surface area contributed by atoms with Crippen molar-refractivity contribution in [2.45, 2.75) is 13.2 Å². The number of amides is 4. The zero-order valence-corrected chi connectivity index (χ0v) is 25.2. The number of carbonyl (C=O) groups is 3. The highest BCUT2D eigenvalue weighted by Crippen LogP contribution is 2.36. The number of imide groups is 2. The van der Waals surface area contributed by atoms with Crippen molar-refractivity contribution in [1.29, 1.82) is 0 Å². The number of urea groups is 1. The molecule has 1 heterocycles. The Morgan fingerprint density at radius 2 is 1.51 bits per heavy atom. The SMILES string of the molecule is O=C1NC(=O)N(c2ccc(OCc3ccccc3)cc2)C(=O)/C1=C/c1cc(Br)cc(Br)c1OCc1cccc(Cl)c1. The van der Waals surface area contributed by atoms with Crippen LogP contribution in [0.3, 0.4) is 0 Å². The number of rotatable bonds is 8. The van der Waals surface area contributed by atoms with Gasteiger partial charge in [0.05, 0.1) is 10.2 Å². The summed E-state index contributed by atoms with van der Waals surface area (Å²) in [5, 5.41) is 2.83. The van der Waals surface area contributed by atoms with Gasteiger partial charge in [0, 0.05) is 15.1 Å². The van der Waals surface area contributed by atoms with Gasteiger partial charge in [-0.2, -0.15) is 0 Å². The Hall–Kier alpha value is -3.92. The molecule has 4 aromatic rings. The molecule has 5 rings (SSSR count). The Bertz CT molecular complexity index is 1660. The molecule has 0 unspecified atom stereocenters. The second-order valence-electron chi connectivity index (χ2n) is 8.95. The molecule has 1 fully saturated rings. The predicted molar refractivity (Wildman–Crippen MR) is 164 cm³/mol. The number of nitrogens with one attached hydrogen (secondary N) is 1. The summed E-state index contributed by atoms with van der Waals surface area (Å²) in [7, 11) is 0. The number of ether oxygens (including phenoxy) is 2. The first-order valence-corrected chi connectivity index (χ1v) is 14.3. The lowest BCUT2D eigenvalue weighted by atomic mass is 10.1. The molecule has 0 bridgehead atoms. The fourth-order valence-corrected chi connectivity index (χ4v) is 5.69. The smallest absolute Gasteiger partial charge is 0.335 e. The molecule has 10 heteroatoms. The van der Waals surface area contributed by atoms with Crippen LogP contribution in [0.4, 0.5) is 10.5 Å². The maximum atomic E-state index is 13.5. The minimum Gasteiger partial charge on any atom is -0.489 e. The van der Waals surface area contributed by atoms with E-state index in [1.54, 1.807) is 48.5 Å². The van der Waals surface area contributed by atoms with E-state index in [9.17, 15) is 14.4 Å². The lowest BCUT2D eigenvalue weighted by Crippen LogP contribution is -2.54. The van der Waals surface area contributed by atoms with Crippen LogP contribution in [0.2, 0.25) is 5.02 Å². The van der Waals surface area contributed by atoms with Crippen LogP contribution in [0.15, 0.2) is 106 Å². The average Bonchev–Trinajstić information content (AvgIpc) is 2.95. The van der Waals surface area contributed by atoms with E-state index in [0.29, 0.717) is 37.6 Å². The molecule has 4 aromatic carbocycles. The number of nitrogens with zero attached hydrogens (tertiary/aromatic N) is 1. The van der Waals surface area contributed by atoms with Gasteiger partial charge in [0.15, 0.2) is 0 Å². The lowest BCUT2D eigenvalue weighted by molar-refractivity contribution is -0.122. The van der Waals surface area contributed by atoms with Crippen molar-refractivity contribution in [1.82, 2.24) is 5.32 Å². The maximum Gasteiger partial charge on any atom is 0.335 e. The molecule has 1 saturated heterocycles. The van der Waals surface area contributed by atoms with Crippen LogP contribution in [0.1, 0.15) is 16.7 Å². The van der Waals surface area contributed by atoms with E-state index in [0.717, 1.165) is 16.0 Å². The largest absolute Gasteiger partial charge is 0.489 e. The van der Waals surface area contributed by atoms with E-state index in [1.807, 2.05) is 42.5 Å². The minimum atomic E-state index is -0.844. The number of anilines is 1. The highest BCUT2D eigenvalue weighted by molar-refractivity contribution is 9.11. The molecule has 1 aliphatic heterocycles. The number of halogens is 3. The van der Waals surface area contributed by atoms with Crippen molar-refractivity contribution in [2.75, 3.05) is 4.90 Å². The van der Waals surface area contributed by atoms with E-state index in [-0.39, 0.29) is 17.9 Å². The van der Waals surface area contributed by atoms with Crippen LogP contribution in [0.25, 0.3) is 6.08 Å². The summed E-state index contributed by atoms with van der Waals surface area (Å²) in [6.45, 7) is 0.565. The molecule has 206 valence electrons. The van der Waals surface area contributed by atoms with Gasteiger partial charge in [-0.1, -0.05) is 70.0 Å². The Morgan fingerprint density at radius 3 is 2.24 bits per heavy atom. The maximum absolute atomic E-state index is 13.5. The Morgan fingerprint density at radius 1 is 0.805 bits per heavy atom. The fourth-order valence-electron chi connectivity index (χ4n) is 4.10. The standard InChI is InChI=1S/C31H21Br2ClN2O5/c32-22-14-21(28(27(33)16-22)41-18-20-7-4-8-23(34)13-20)15-26-29(37)35-31(39)36(30(26)38)24-9-11-25(12-10-24)40-17-19-5-2-1-3-6-19/h1-16H,17-18H2,(H,35,37,39)/b26-15+. The van der Waals surface area contributed by atoms with Gasteiger partial charge in [-0.15, -0.1) is 0 Å². The summed E-state index contributed by atoms with van der Waals surface area (Å²) in [5.74, 6) is -0.607. The third-order valence-electron chi connectivity index (χ3n) is 6.05. The Labute approximate surface area is 258 Å². The van der Waals surface area contributed by atoms with Crippen molar-refractivity contribution in [3.05, 3.63) is 127 Å². The Balaban J connectivity index is 1.39. The molecule has 7 nitrogen and oxygen atoms in total. The zero-order valence-electron chi connectivity index (χ0n) is 21.3. The second-order valence-corrected chi connectivity index (χ2v) is 11.2. The average molecular weight is 697 g/mol. The Kier molecular flexibility index (Phi) is 8.87. The van der Waals surface area contributed by atoms with Crippen molar-refractivity contribution >= 4 is 73.1 Å². The minimum absolute atomic E-state index is 0.195. The molecule has 4 amide bonds. The molecule has 1 N–H and O–H groups in total. The summed E-state index contributed by atoms with van der Waals surface area (Å²) in [5.41, 5.74) is 2.35. The molecule has 0 saturated carbocycles. The van der Waals surface area contributed by atoms with Gasteiger partial charge in [-0.25, -0.2) is 9.69 Å². The summed E-state index contributed by atoms with van der Waals surface area (Å²) in [6, 6.07) is 26.1. The highest BCUT2D eigenvalue weighted by Gasteiger charge is 2.37. The summed E-state index contributed by atoms with van der Waals surface area (Å²) < 4.78 is 13.2. The van der Waals surface area contributed by atoms with Gasteiger partial charge in [0.2, 0.25) is 0 Å². The van der Waals surface area contributed by atoms with E-state index in [1.165, 1.54) is 6.08 Å². The van der Waals surface area contributed by atoms with E-state index in [2.05, 4.69) is 37.2 Å². The number of carbonyl (C=O) groups excluding carboxylic acids is 3. The van der Waals surface area contributed by atoms with Crippen molar-refractivity contribution in [2.24, 2.45) is 0 Å². The van der Waals surface area contributed by atoms with Gasteiger partial charge in [-0.3, -0.25) is 14.9 Å². The zero-order chi connectivity index (χ0) is 28.9. The van der Waals surface area contributed by atoms with Gasteiger partial charge >= 0.3 is 6.03 Å². The van der Waals surface area contributed by atoms with Crippen LogP contribution in [-0.4, -0.2) is 17.8 Å². The van der Waals surface area contributed by atoms with Gasteiger partial charge in [-0.05, 0) is 81.7 Å². The summed E-state index contributed by atoms with van der Waals surface area (Å²) in [6.07, 6.45) is 1.40. The van der Waals surface area contributed by atoms with Gasteiger partial charge in [0.1, 0.15) is 30.3 Å². The van der Waals surface area contributed by atoms with Crippen molar-refractivity contribution in [3.8, 4) is 11.5 Å². The van der Waals surface area contributed by atoms with E-state index < -0.39 is 17.8 Å². The highest BCUT2D eigenvalue weighted by atomic mass is 79.9. The first-order valence-electron chi connectivity index (χ1n) is 12.3. The van der Waals surface area contributed by atoms with Gasteiger partial charge < -0.3 is 9.47 Å². The number of benzene rings is 4. The van der Waals surface area contributed by atoms with Crippen LogP contribution >= 0.6 is 43.5 Å². The topological polar surface area (TPSA) is 84.9 Å². The lowest BCUT2D eigenvalue weighted by Gasteiger charge is -2.26. The summed E-state index contributed by atoms with van der Waals surface area (Å²) in [4.78, 5) is 40.0. The third-order valence-corrected chi connectivity index (χ3v) is 7.34.